The number of aryl methyl sites for hydroxylation is 1. The van der Waals surface area contributed by atoms with Gasteiger partial charge in [-0.1, -0.05) is 42.1 Å². The molecular formula is C15H19N3O2S. The first-order valence-corrected chi connectivity index (χ1v) is 7.66. The van der Waals surface area contributed by atoms with E-state index in [9.17, 15) is 5.11 Å². The second-order valence-electron chi connectivity index (χ2n) is 4.68. The molecule has 0 bridgehead atoms. The topological polar surface area (TPSA) is 81.3 Å². The second-order valence-corrected chi connectivity index (χ2v) is 5.67. The van der Waals surface area contributed by atoms with E-state index in [1.165, 1.54) is 11.8 Å². The molecule has 0 saturated heterocycles. The summed E-state index contributed by atoms with van der Waals surface area (Å²) in [6, 6.07) is 11.6. The number of nitrogens with two attached hydrogens (primary N) is 1. The van der Waals surface area contributed by atoms with Crippen LogP contribution in [0.1, 0.15) is 11.3 Å². The Hall–Kier alpha value is -1.63. The van der Waals surface area contributed by atoms with Crippen molar-refractivity contribution in [2.75, 3.05) is 18.1 Å². The molecule has 0 amide bonds. The van der Waals surface area contributed by atoms with Crippen LogP contribution in [0.5, 0.6) is 0 Å². The van der Waals surface area contributed by atoms with E-state index in [-0.39, 0.29) is 6.61 Å². The third-order valence-corrected chi connectivity index (χ3v) is 3.67. The lowest BCUT2D eigenvalue weighted by Crippen LogP contribution is -2.18. The van der Waals surface area contributed by atoms with Gasteiger partial charge in [-0.3, -0.25) is 0 Å². The summed E-state index contributed by atoms with van der Waals surface area (Å²) in [5.41, 5.74) is 7.57. The molecule has 6 heteroatoms. The number of rotatable bonds is 7. The zero-order valence-corrected chi connectivity index (χ0v) is 12.7. The zero-order valence-electron chi connectivity index (χ0n) is 11.9. The predicted molar refractivity (Wildman–Crippen MR) is 84.0 cm³/mol. The molecule has 0 aliphatic carbocycles. The fraction of sp³-hybridized carbons (Fsp3) is 0.333. The Morgan fingerprint density at radius 1 is 1.29 bits per heavy atom. The first kappa shape index (κ1) is 15.8. The molecular weight excluding hydrogens is 286 g/mol. The number of ether oxygens (including phenoxy) is 1. The Morgan fingerprint density at radius 3 is 2.76 bits per heavy atom. The molecule has 1 aromatic carbocycles. The predicted octanol–water partition coefficient (Wildman–Crippen LogP) is 2.04. The van der Waals surface area contributed by atoms with Gasteiger partial charge in [-0.15, -0.1) is 0 Å². The Kier molecular flexibility index (Phi) is 5.98. The SMILES string of the molecule is Cc1cc(N)nc(SCC(O)COCc2ccccc2)n1. The number of hydrogen-bond donors (Lipinski definition) is 2. The molecule has 0 radical (unpaired) electrons. The minimum atomic E-state index is -0.566. The third kappa shape index (κ3) is 5.71. The normalized spacial score (nSPS) is 12.3. The molecule has 2 rings (SSSR count). The van der Waals surface area contributed by atoms with Crippen LogP contribution < -0.4 is 5.73 Å². The van der Waals surface area contributed by atoms with Gasteiger partial charge in [-0.05, 0) is 12.5 Å². The third-order valence-electron chi connectivity index (χ3n) is 2.68. The van der Waals surface area contributed by atoms with Gasteiger partial charge >= 0.3 is 0 Å². The lowest BCUT2D eigenvalue weighted by molar-refractivity contribution is 0.0398. The monoisotopic (exact) mass is 305 g/mol. The minimum absolute atomic E-state index is 0.281. The molecule has 5 nitrogen and oxygen atoms in total. The largest absolute Gasteiger partial charge is 0.390 e. The summed E-state index contributed by atoms with van der Waals surface area (Å²) < 4.78 is 5.49. The van der Waals surface area contributed by atoms with E-state index in [0.29, 0.717) is 23.3 Å². The number of aromatic nitrogens is 2. The van der Waals surface area contributed by atoms with Crippen LogP contribution in [-0.4, -0.2) is 33.5 Å². The highest BCUT2D eigenvalue weighted by Crippen LogP contribution is 2.16. The van der Waals surface area contributed by atoms with Gasteiger partial charge in [-0.2, -0.15) is 0 Å². The lowest BCUT2D eigenvalue weighted by atomic mass is 10.2. The van der Waals surface area contributed by atoms with Gasteiger partial charge in [0, 0.05) is 17.5 Å². The fourth-order valence-corrected chi connectivity index (χ4v) is 2.55. The molecule has 2 aromatic rings. The van der Waals surface area contributed by atoms with E-state index in [4.69, 9.17) is 10.5 Å². The molecule has 1 atom stereocenters. The van der Waals surface area contributed by atoms with Crippen LogP contribution in [0, 0.1) is 6.92 Å². The molecule has 21 heavy (non-hydrogen) atoms. The second kappa shape index (κ2) is 7.97. The highest BCUT2D eigenvalue weighted by Gasteiger charge is 2.08. The summed E-state index contributed by atoms with van der Waals surface area (Å²) in [5, 5.41) is 10.5. The molecule has 0 aliphatic heterocycles. The van der Waals surface area contributed by atoms with E-state index in [0.717, 1.165) is 11.3 Å². The van der Waals surface area contributed by atoms with E-state index in [2.05, 4.69) is 9.97 Å². The number of nitrogens with zero attached hydrogens (tertiary/aromatic N) is 2. The Balaban J connectivity index is 1.71. The summed E-state index contributed by atoms with van der Waals surface area (Å²) in [6.07, 6.45) is -0.566. The summed E-state index contributed by atoms with van der Waals surface area (Å²) in [7, 11) is 0. The zero-order chi connectivity index (χ0) is 15.1. The van der Waals surface area contributed by atoms with Gasteiger partial charge in [0.25, 0.3) is 0 Å². The maximum atomic E-state index is 9.89. The van der Waals surface area contributed by atoms with Crippen molar-refractivity contribution in [3.05, 3.63) is 47.7 Å². The van der Waals surface area contributed by atoms with Gasteiger partial charge in [0.2, 0.25) is 0 Å². The number of aliphatic hydroxyl groups excluding tert-OH is 1. The molecule has 1 aromatic heterocycles. The Morgan fingerprint density at radius 2 is 2.05 bits per heavy atom. The molecule has 3 N–H and O–H groups in total. The Labute approximate surface area is 128 Å². The highest BCUT2D eigenvalue weighted by molar-refractivity contribution is 7.99. The number of nitrogen functional groups attached to an aromatic ring is 1. The number of anilines is 1. The number of thioether (sulfide) groups is 1. The van der Waals surface area contributed by atoms with Gasteiger partial charge in [0.15, 0.2) is 5.16 Å². The molecule has 0 spiro atoms. The van der Waals surface area contributed by atoms with Crippen molar-refractivity contribution < 1.29 is 9.84 Å². The van der Waals surface area contributed by atoms with E-state index in [1.807, 2.05) is 37.3 Å². The maximum Gasteiger partial charge on any atom is 0.189 e. The van der Waals surface area contributed by atoms with Crippen molar-refractivity contribution in [3.8, 4) is 0 Å². The average Bonchev–Trinajstić information content (AvgIpc) is 2.45. The highest BCUT2D eigenvalue weighted by atomic mass is 32.2. The lowest BCUT2D eigenvalue weighted by Gasteiger charge is -2.11. The molecule has 1 heterocycles. The number of aliphatic hydroxyl groups is 1. The first-order valence-electron chi connectivity index (χ1n) is 6.67. The van der Waals surface area contributed by atoms with Crippen LogP contribution in [0.3, 0.4) is 0 Å². The molecule has 1 unspecified atom stereocenters. The first-order chi connectivity index (χ1) is 10.1. The number of benzene rings is 1. The summed E-state index contributed by atoms with van der Waals surface area (Å²) >= 11 is 1.37. The van der Waals surface area contributed by atoms with Crippen LogP contribution in [0.15, 0.2) is 41.6 Å². The molecule has 0 saturated carbocycles. The van der Waals surface area contributed by atoms with Crippen molar-refractivity contribution in [2.24, 2.45) is 0 Å². The van der Waals surface area contributed by atoms with Crippen LogP contribution in [0.2, 0.25) is 0 Å². The fourth-order valence-electron chi connectivity index (χ4n) is 1.74. The Bertz CT molecular complexity index is 546. The average molecular weight is 305 g/mol. The van der Waals surface area contributed by atoms with E-state index in [1.54, 1.807) is 6.07 Å². The van der Waals surface area contributed by atoms with Crippen LogP contribution in [-0.2, 0) is 11.3 Å². The van der Waals surface area contributed by atoms with Crippen molar-refractivity contribution in [1.82, 2.24) is 9.97 Å². The van der Waals surface area contributed by atoms with Crippen LogP contribution >= 0.6 is 11.8 Å². The van der Waals surface area contributed by atoms with Gasteiger partial charge in [0.1, 0.15) is 5.82 Å². The van der Waals surface area contributed by atoms with E-state index < -0.39 is 6.10 Å². The molecule has 112 valence electrons. The van der Waals surface area contributed by atoms with E-state index >= 15 is 0 Å². The molecule has 0 aliphatic rings. The standard InChI is InChI=1S/C15H19N3O2S/c1-11-7-14(16)18-15(17-11)21-10-13(19)9-20-8-12-5-3-2-4-6-12/h2-7,13,19H,8-10H2,1H3,(H2,16,17,18). The summed E-state index contributed by atoms with van der Waals surface area (Å²) in [5.74, 6) is 0.914. The quantitative estimate of drug-likeness (QED) is 0.602. The molecule has 0 fully saturated rings. The number of hydrogen-bond acceptors (Lipinski definition) is 6. The van der Waals surface area contributed by atoms with Crippen molar-refractivity contribution in [1.29, 1.82) is 0 Å². The van der Waals surface area contributed by atoms with Crippen LogP contribution in [0.4, 0.5) is 5.82 Å². The van der Waals surface area contributed by atoms with Gasteiger partial charge < -0.3 is 15.6 Å². The van der Waals surface area contributed by atoms with Crippen molar-refractivity contribution >= 4 is 17.6 Å². The van der Waals surface area contributed by atoms with Crippen LogP contribution in [0.25, 0.3) is 0 Å². The van der Waals surface area contributed by atoms with Gasteiger partial charge in [0.05, 0.1) is 19.3 Å². The van der Waals surface area contributed by atoms with Crippen molar-refractivity contribution in [2.45, 2.75) is 24.8 Å². The minimum Gasteiger partial charge on any atom is -0.390 e. The maximum absolute atomic E-state index is 9.89. The summed E-state index contributed by atoms with van der Waals surface area (Å²) in [6.45, 7) is 2.64. The smallest absolute Gasteiger partial charge is 0.189 e. The van der Waals surface area contributed by atoms with Gasteiger partial charge in [-0.25, -0.2) is 9.97 Å². The summed E-state index contributed by atoms with van der Waals surface area (Å²) in [4.78, 5) is 8.37. The van der Waals surface area contributed by atoms with Crippen molar-refractivity contribution in [3.63, 3.8) is 0 Å².